The third-order valence-corrected chi connectivity index (χ3v) is 2.52. The molecule has 0 aliphatic heterocycles. The van der Waals surface area contributed by atoms with Gasteiger partial charge < -0.3 is 10.2 Å². The van der Waals surface area contributed by atoms with E-state index < -0.39 is 0 Å². The molecule has 1 rings (SSSR count). The standard InChI is InChI=1S/C10H13ClN2S/c1-13(2)10(14)12-7-8-3-5-9(11)6-4-8/h3-6H,7H2,1-2H3,(H,12,14). The highest BCUT2D eigenvalue weighted by Gasteiger charge is 1.97. The lowest BCUT2D eigenvalue weighted by molar-refractivity contribution is 0.600. The van der Waals surface area contributed by atoms with Crippen molar-refractivity contribution in [1.29, 1.82) is 0 Å². The van der Waals surface area contributed by atoms with Crippen LogP contribution in [-0.2, 0) is 6.54 Å². The lowest BCUT2D eigenvalue weighted by Crippen LogP contribution is -2.33. The van der Waals surface area contributed by atoms with Crippen LogP contribution in [0.3, 0.4) is 0 Å². The molecule has 0 amide bonds. The highest BCUT2D eigenvalue weighted by atomic mass is 35.5. The molecule has 0 fully saturated rings. The molecule has 0 aliphatic rings. The summed E-state index contributed by atoms with van der Waals surface area (Å²) in [5.74, 6) is 0. The van der Waals surface area contributed by atoms with Gasteiger partial charge in [-0.15, -0.1) is 0 Å². The van der Waals surface area contributed by atoms with Crippen LogP contribution in [0.4, 0.5) is 0 Å². The van der Waals surface area contributed by atoms with Gasteiger partial charge in [0.15, 0.2) is 5.11 Å². The summed E-state index contributed by atoms with van der Waals surface area (Å²) in [6.45, 7) is 0.730. The van der Waals surface area contributed by atoms with E-state index in [0.29, 0.717) is 0 Å². The number of hydrogen-bond donors (Lipinski definition) is 1. The van der Waals surface area contributed by atoms with Crippen LogP contribution in [0, 0.1) is 0 Å². The Labute approximate surface area is 94.9 Å². The minimum Gasteiger partial charge on any atom is -0.359 e. The van der Waals surface area contributed by atoms with Gasteiger partial charge in [-0.1, -0.05) is 23.7 Å². The summed E-state index contributed by atoms with van der Waals surface area (Å²) < 4.78 is 0. The van der Waals surface area contributed by atoms with E-state index in [1.165, 1.54) is 5.56 Å². The van der Waals surface area contributed by atoms with Gasteiger partial charge in [0.1, 0.15) is 0 Å². The van der Waals surface area contributed by atoms with Gasteiger partial charge in [0, 0.05) is 25.7 Å². The normalized spacial score (nSPS) is 9.64. The van der Waals surface area contributed by atoms with E-state index >= 15 is 0 Å². The molecule has 2 nitrogen and oxygen atoms in total. The van der Waals surface area contributed by atoms with Crippen LogP contribution in [-0.4, -0.2) is 24.1 Å². The number of benzene rings is 1. The molecule has 1 aromatic rings. The second-order valence-electron chi connectivity index (χ2n) is 3.18. The van der Waals surface area contributed by atoms with Gasteiger partial charge in [-0.2, -0.15) is 0 Å². The maximum absolute atomic E-state index is 5.77. The first kappa shape index (κ1) is 11.3. The molecule has 0 unspecified atom stereocenters. The van der Waals surface area contributed by atoms with Crippen molar-refractivity contribution >= 4 is 28.9 Å². The minimum atomic E-state index is 0.730. The molecule has 0 heterocycles. The number of thiocarbonyl (C=S) groups is 1. The average Bonchev–Trinajstić information content (AvgIpc) is 2.16. The topological polar surface area (TPSA) is 15.3 Å². The molecule has 0 saturated carbocycles. The third-order valence-electron chi connectivity index (χ3n) is 1.76. The summed E-state index contributed by atoms with van der Waals surface area (Å²) in [6, 6.07) is 7.70. The highest BCUT2D eigenvalue weighted by Crippen LogP contribution is 2.09. The molecule has 14 heavy (non-hydrogen) atoms. The molecular formula is C10H13ClN2S. The van der Waals surface area contributed by atoms with Crippen molar-refractivity contribution in [3.63, 3.8) is 0 Å². The van der Waals surface area contributed by atoms with Crippen LogP contribution in [0.15, 0.2) is 24.3 Å². The molecule has 0 saturated heterocycles. The Kier molecular flexibility index (Phi) is 4.17. The van der Waals surface area contributed by atoms with Crippen LogP contribution < -0.4 is 5.32 Å². The van der Waals surface area contributed by atoms with Crippen LogP contribution in [0.2, 0.25) is 5.02 Å². The van der Waals surface area contributed by atoms with E-state index in [9.17, 15) is 0 Å². The first-order valence-corrected chi connectivity index (χ1v) is 5.08. The quantitative estimate of drug-likeness (QED) is 0.782. The Morgan fingerprint density at radius 1 is 1.36 bits per heavy atom. The zero-order valence-corrected chi connectivity index (χ0v) is 9.82. The van der Waals surface area contributed by atoms with Gasteiger partial charge in [0.2, 0.25) is 0 Å². The Hall–Kier alpha value is -0.800. The van der Waals surface area contributed by atoms with Crippen LogP contribution in [0.5, 0.6) is 0 Å². The minimum absolute atomic E-state index is 0.730. The Bertz CT molecular complexity index is 308. The summed E-state index contributed by atoms with van der Waals surface area (Å²) in [6.07, 6.45) is 0. The molecule has 0 spiro atoms. The fourth-order valence-electron chi connectivity index (χ4n) is 0.938. The Balaban J connectivity index is 2.46. The van der Waals surface area contributed by atoms with E-state index in [1.807, 2.05) is 43.3 Å². The predicted octanol–water partition coefficient (Wildman–Crippen LogP) is 2.28. The summed E-state index contributed by atoms with van der Waals surface area (Å²) >= 11 is 10.9. The number of nitrogens with zero attached hydrogens (tertiary/aromatic N) is 1. The van der Waals surface area contributed by atoms with Gasteiger partial charge in [0.25, 0.3) is 0 Å². The maximum atomic E-state index is 5.77. The van der Waals surface area contributed by atoms with Crippen molar-refractivity contribution in [3.05, 3.63) is 34.9 Å². The zero-order chi connectivity index (χ0) is 10.6. The zero-order valence-electron chi connectivity index (χ0n) is 8.25. The first-order chi connectivity index (χ1) is 6.59. The number of rotatable bonds is 2. The smallest absolute Gasteiger partial charge is 0.168 e. The van der Waals surface area contributed by atoms with E-state index in [-0.39, 0.29) is 0 Å². The molecule has 0 aromatic heterocycles. The molecule has 4 heteroatoms. The molecule has 0 atom stereocenters. The van der Waals surface area contributed by atoms with Crippen LogP contribution in [0.1, 0.15) is 5.56 Å². The van der Waals surface area contributed by atoms with E-state index in [4.69, 9.17) is 23.8 Å². The number of halogens is 1. The van der Waals surface area contributed by atoms with Crippen molar-refractivity contribution < 1.29 is 0 Å². The molecule has 0 radical (unpaired) electrons. The number of nitrogens with one attached hydrogen (secondary N) is 1. The summed E-state index contributed by atoms with van der Waals surface area (Å²) in [7, 11) is 3.83. The van der Waals surface area contributed by atoms with Gasteiger partial charge in [-0.25, -0.2) is 0 Å². The monoisotopic (exact) mass is 228 g/mol. The second-order valence-corrected chi connectivity index (χ2v) is 4.00. The summed E-state index contributed by atoms with van der Waals surface area (Å²) in [4.78, 5) is 1.87. The van der Waals surface area contributed by atoms with Gasteiger partial charge in [-0.3, -0.25) is 0 Å². The number of hydrogen-bond acceptors (Lipinski definition) is 1. The lowest BCUT2D eigenvalue weighted by Gasteiger charge is -2.15. The third kappa shape index (κ3) is 3.52. The van der Waals surface area contributed by atoms with Crippen molar-refractivity contribution in [2.45, 2.75) is 6.54 Å². The Morgan fingerprint density at radius 3 is 2.43 bits per heavy atom. The van der Waals surface area contributed by atoms with Crippen LogP contribution in [0.25, 0.3) is 0 Å². The fourth-order valence-corrected chi connectivity index (χ4v) is 1.14. The van der Waals surface area contributed by atoms with E-state index in [2.05, 4.69) is 5.32 Å². The van der Waals surface area contributed by atoms with Gasteiger partial charge in [-0.05, 0) is 29.9 Å². The Morgan fingerprint density at radius 2 is 1.93 bits per heavy atom. The molecule has 0 bridgehead atoms. The van der Waals surface area contributed by atoms with Crippen molar-refractivity contribution in [2.75, 3.05) is 14.1 Å². The molecular weight excluding hydrogens is 216 g/mol. The second kappa shape index (κ2) is 5.17. The fraction of sp³-hybridized carbons (Fsp3) is 0.300. The van der Waals surface area contributed by atoms with Gasteiger partial charge >= 0.3 is 0 Å². The molecule has 1 N–H and O–H groups in total. The van der Waals surface area contributed by atoms with Crippen LogP contribution >= 0.6 is 23.8 Å². The molecule has 0 aliphatic carbocycles. The van der Waals surface area contributed by atoms with Crippen molar-refractivity contribution in [3.8, 4) is 0 Å². The van der Waals surface area contributed by atoms with Crippen molar-refractivity contribution in [1.82, 2.24) is 10.2 Å². The van der Waals surface area contributed by atoms with E-state index in [1.54, 1.807) is 0 Å². The molecule has 76 valence electrons. The predicted molar refractivity (Wildman–Crippen MR) is 64.6 cm³/mol. The summed E-state index contributed by atoms with van der Waals surface area (Å²) in [5, 5.41) is 4.62. The van der Waals surface area contributed by atoms with Crippen molar-refractivity contribution in [2.24, 2.45) is 0 Å². The van der Waals surface area contributed by atoms with E-state index in [0.717, 1.165) is 16.7 Å². The largest absolute Gasteiger partial charge is 0.359 e. The molecule has 1 aromatic carbocycles. The maximum Gasteiger partial charge on any atom is 0.168 e. The average molecular weight is 229 g/mol. The highest BCUT2D eigenvalue weighted by molar-refractivity contribution is 7.80. The first-order valence-electron chi connectivity index (χ1n) is 4.29. The summed E-state index contributed by atoms with van der Waals surface area (Å²) in [5.41, 5.74) is 1.17. The van der Waals surface area contributed by atoms with Gasteiger partial charge in [0.05, 0.1) is 0 Å². The lowest BCUT2D eigenvalue weighted by atomic mass is 10.2. The SMILES string of the molecule is CN(C)C(=S)NCc1ccc(Cl)cc1.